The largest absolute Gasteiger partial charge is 0.359 e. The van der Waals surface area contributed by atoms with Gasteiger partial charge >= 0.3 is 0 Å². The van der Waals surface area contributed by atoms with Crippen molar-refractivity contribution >= 4 is 33.4 Å². The molecule has 1 aromatic carbocycles. The third kappa shape index (κ3) is 3.35. The van der Waals surface area contributed by atoms with Crippen LogP contribution in [0.15, 0.2) is 34.4 Å². The van der Waals surface area contributed by atoms with Crippen molar-refractivity contribution in [3.8, 4) is 11.1 Å². The lowest BCUT2D eigenvalue weighted by Crippen LogP contribution is -2.40. The molecule has 0 aliphatic carbocycles. The van der Waals surface area contributed by atoms with E-state index in [1.807, 2.05) is 17.5 Å². The van der Waals surface area contributed by atoms with Crippen molar-refractivity contribution in [3.05, 3.63) is 45.6 Å². The first-order chi connectivity index (χ1) is 13.1. The zero-order valence-corrected chi connectivity index (χ0v) is 16.2. The van der Waals surface area contributed by atoms with E-state index in [-0.39, 0.29) is 17.4 Å². The number of nitrogens with one attached hydrogen (secondary N) is 2. The topological polar surface area (TPSA) is 78.1 Å². The quantitative estimate of drug-likeness (QED) is 0.730. The van der Waals surface area contributed by atoms with Crippen molar-refractivity contribution in [1.82, 2.24) is 15.3 Å². The molecule has 1 amide bonds. The standard InChI is InChI=1S/C20H22N4O2S/c1-12-4-3-5-14(10-12)15-11-27-17-16(15)22-20(23-19(17)26)24-8-6-13(7-9-24)18(25)21-2/h3-5,10-11,13H,6-9H2,1-2H3,(H,21,25)(H,22,23,26). The number of piperidine rings is 1. The summed E-state index contributed by atoms with van der Waals surface area (Å²) in [5, 5.41) is 4.72. The van der Waals surface area contributed by atoms with Crippen molar-refractivity contribution in [3.63, 3.8) is 0 Å². The summed E-state index contributed by atoms with van der Waals surface area (Å²) >= 11 is 1.43. The number of hydrogen-bond donors (Lipinski definition) is 2. The fourth-order valence-electron chi connectivity index (χ4n) is 3.64. The van der Waals surface area contributed by atoms with Crippen molar-refractivity contribution in [1.29, 1.82) is 0 Å². The summed E-state index contributed by atoms with van der Waals surface area (Å²) in [7, 11) is 1.67. The van der Waals surface area contributed by atoms with Crippen LogP contribution in [0.25, 0.3) is 21.3 Å². The molecule has 0 radical (unpaired) electrons. The van der Waals surface area contributed by atoms with Gasteiger partial charge in [0.25, 0.3) is 5.56 Å². The maximum absolute atomic E-state index is 12.6. The van der Waals surface area contributed by atoms with Gasteiger partial charge in [-0.05, 0) is 25.3 Å². The molecule has 0 atom stereocenters. The Bertz CT molecular complexity index is 1050. The third-order valence-corrected chi connectivity index (χ3v) is 6.12. The Hall–Kier alpha value is -2.67. The van der Waals surface area contributed by atoms with Crippen LogP contribution in [0.4, 0.5) is 5.95 Å². The highest BCUT2D eigenvalue weighted by Gasteiger charge is 2.26. The van der Waals surface area contributed by atoms with E-state index in [1.54, 1.807) is 7.05 Å². The molecule has 1 aliphatic rings. The lowest BCUT2D eigenvalue weighted by molar-refractivity contribution is -0.125. The molecule has 0 saturated carbocycles. The highest BCUT2D eigenvalue weighted by Crippen LogP contribution is 2.32. The van der Waals surface area contributed by atoms with Gasteiger partial charge in [-0.3, -0.25) is 14.6 Å². The molecule has 7 heteroatoms. The minimum Gasteiger partial charge on any atom is -0.359 e. The van der Waals surface area contributed by atoms with Crippen LogP contribution in [0.2, 0.25) is 0 Å². The molecule has 27 heavy (non-hydrogen) atoms. The van der Waals surface area contributed by atoms with Crippen LogP contribution in [-0.2, 0) is 4.79 Å². The molecule has 1 aliphatic heterocycles. The highest BCUT2D eigenvalue weighted by molar-refractivity contribution is 7.17. The van der Waals surface area contributed by atoms with Crippen LogP contribution in [0.3, 0.4) is 0 Å². The second kappa shape index (κ2) is 7.15. The molecule has 0 unspecified atom stereocenters. The first kappa shape index (κ1) is 17.7. The van der Waals surface area contributed by atoms with Crippen LogP contribution in [0.5, 0.6) is 0 Å². The molecular formula is C20H22N4O2S. The Morgan fingerprint density at radius 3 is 2.81 bits per heavy atom. The third-order valence-electron chi connectivity index (χ3n) is 5.15. The molecule has 1 fully saturated rings. The zero-order chi connectivity index (χ0) is 19.0. The molecule has 6 nitrogen and oxygen atoms in total. The summed E-state index contributed by atoms with van der Waals surface area (Å²) in [5.74, 6) is 0.715. The number of benzene rings is 1. The number of amides is 1. The Balaban J connectivity index is 1.68. The number of nitrogens with zero attached hydrogens (tertiary/aromatic N) is 2. The fourth-order valence-corrected chi connectivity index (χ4v) is 4.55. The summed E-state index contributed by atoms with van der Waals surface area (Å²) in [6, 6.07) is 8.23. The van der Waals surface area contributed by atoms with E-state index in [9.17, 15) is 9.59 Å². The van der Waals surface area contributed by atoms with Crippen LogP contribution in [0, 0.1) is 12.8 Å². The number of aryl methyl sites for hydroxylation is 1. The van der Waals surface area contributed by atoms with Gasteiger partial charge in [0.2, 0.25) is 11.9 Å². The second-order valence-electron chi connectivity index (χ2n) is 6.96. The van der Waals surface area contributed by atoms with E-state index >= 15 is 0 Å². The van der Waals surface area contributed by atoms with E-state index in [2.05, 4.69) is 34.3 Å². The van der Waals surface area contributed by atoms with Gasteiger partial charge in [0, 0.05) is 37.0 Å². The van der Waals surface area contributed by atoms with Gasteiger partial charge in [0.1, 0.15) is 4.70 Å². The minimum atomic E-state index is -0.104. The Labute approximate surface area is 161 Å². The van der Waals surface area contributed by atoms with Crippen molar-refractivity contribution in [2.24, 2.45) is 5.92 Å². The highest BCUT2D eigenvalue weighted by atomic mass is 32.1. The van der Waals surface area contributed by atoms with E-state index < -0.39 is 0 Å². The molecule has 4 rings (SSSR count). The first-order valence-electron chi connectivity index (χ1n) is 9.12. The van der Waals surface area contributed by atoms with Gasteiger partial charge in [0.15, 0.2) is 0 Å². The number of aromatic nitrogens is 2. The second-order valence-corrected chi connectivity index (χ2v) is 7.84. The average Bonchev–Trinajstić information content (AvgIpc) is 3.12. The summed E-state index contributed by atoms with van der Waals surface area (Å²) in [6.45, 7) is 3.47. The van der Waals surface area contributed by atoms with Gasteiger partial charge in [-0.2, -0.15) is 0 Å². The lowest BCUT2D eigenvalue weighted by atomic mass is 9.96. The number of hydrogen-bond acceptors (Lipinski definition) is 5. The predicted octanol–water partition coefficient (Wildman–Crippen LogP) is 2.92. The van der Waals surface area contributed by atoms with E-state index in [1.165, 1.54) is 16.9 Å². The zero-order valence-electron chi connectivity index (χ0n) is 15.4. The van der Waals surface area contributed by atoms with E-state index in [4.69, 9.17) is 4.98 Å². The first-order valence-corrected chi connectivity index (χ1v) is 10.00. The normalized spacial score (nSPS) is 15.3. The number of carbonyl (C=O) groups is 1. The molecular weight excluding hydrogens is 360 g/mol. The smallest absolute Gasteiger partial charge is 0.270 e. The van der Waals surface area contributed by atoms with E-state index in [0.717, 1.165) is 29.5 Å². The summed E-state index contributed by atoms with van der Waals surface area (Å²) in [4.78, 5) is 34.2. The lowest BCUT2D eigenvalue weighted by Gasteiger charge is -2.31. The molecule has 3 heterocycles. The molecule has 0 bridgehead atoms. The maximum Gasteiger partial charge on any atom is 0.270 e. The molecule has 3 aromatic rings. The van der Waals surface area contributed by atoms with Gasteiger partial charge in [-0.25, -0.2) is 4.98 Å². The number of H-pyrrole nitrogens is 1. The average molecular weight is 382 g/mol. The van der Waals surface area contributed by atoms with Gasteiger partial charge in [-0.15, -0.1) is 11.3 Å². The predicted molar refractivity (Wildman–Crippen MR) is 109 cm³/mol. The summed E-state index contributed by atoms with van der Waals surface area (Å²) < 4.78 is 0.649. The van der Waals surface area contributed by atoms with Crippen LogP contribution in [-0.4, -0.2) is 36.0 Å². The molecule has 140 valence electrons. The van der Waals surface area contributed by atoms with Gasteiger partial charge in [-0.1, -0.05) is 29.8 Å². The van der Waals surface area contributed by atoms with Crippen molar-refractivity contribution in [2.45, 2.75) is 19.8 Å². The van der Waals surface area contributed by atoms with Crippen LogP contribution >= 0.6 is 11.3 Å². The number of aromatic amines is 1. The monoisotopic (exact) mass is 382 g/mol. The number of fused-ring (bicyclic) bond motifs is 1. The number of anilines is 1. The number of rotatable bonds is 3. The molecule has 2 aromatic heterocycles. The van der Waals surface area contributed by atoms with Crippen LogP contribution in [0.1, 0.15) is 18.4 Å². The molecule has 2 N–H and O–H groups in total. The fraction of sp³-hybridized carbons (Fsp3) is 0.350. The maximum atomic E-state index is 12.6. The SMILES string of the molecule is CNC(=O)C1CCN(c2nc3c(-c4cccc(C)c4)csc3c(=O)[nH]2)CC1. The number of carbonyl (C=O) groups excluding carboxylic acids is 1. The molecule has 0 spiro atoms. The summed E-state index contributed by atoms with van der Waals surface area (Å²) in [6.07, 6.45) is 1.52. The van der Waals surface area contributed by atoms with Crippen molar-refractivity contribution in [2.75, 3.05) is 25.0 Å². The Morgan fingerprint density at radius 2 is 2.11 bits per heavy atom. The van der Waals surface area contributed by atoms with Crippen LogP contribution < -0.4 is 15.8 Å². The van der Waals surface area contributed by atoms with Gasteiger partial charge in [0.05, 0.1) is 5.52 Å². The molecule has 1 saturated heterocycles. The Morgan fingerprint density at radius 1 is 1.33 bits per heavy atom. The summed E-state index contributed by atoms with van der Waals surface area (Å²) in [5.41, 5.74) is 3.88. The Kier molecular flexibility index (Phi) is 4.70. The van der Waals surface area contributed by atoms with Gasteiger partial charge < -0.3 is 10.2 Å². The number of thiophene rings is 1. The van der Waals surface area contributed by atoms with Crippen molar-refractivity contribution < 1.29 is 4.79 Å². The van der Waals surface area contributed by atoms with E-state index in [0.29, 0.717) is 23.7 Å². The minimum absolute atomic E-state index is 0.0331.